The number of carbonyl (C=O) groups is 1. The molecule has 0 aliphatic carbocycles. The molecule has 5 heteroatoms. The lowest BCUT2D eigenvalue weighted by molar-refractivity contribution is 0.0931. The fraction of sp³-hybridized carbons (Fsp3) is 0.667. The number of rotatable bonds is 8. The van der Waals surface area contributed by atoms with Gasteiger partial charge in [-0.15, -0.1) is 10.2 Å². The molecule has 1 amide bonds. The molecule has 0 aliphatic rings. The van der Waals surface area contributed by atoms with Crippen molar-refractivity contribution in [1.82, 2.24) is 15.5 Å². The number of nitrogens with zero attached hydrogens (tertiary/aromatic N) is 2. The molecular formula is C15H26N4O. The number of carbonyl (C=O) groups excluding carboxylic acids is 1. The van der Waals surface area contributed by atoms with Crippen molar-refractivity contribution < 1.29 is 4.79 Å². The maximum absolute atomic E-state index is 12.0. The highest BCUT2D eigenvalue weighted by molar-refractivity contribution is 5.92. The van der Waals surface area contributed by atoms with Crippen LogP contribution in [0.1, 0.15) is 57.4 Å². The van der Waals surface area contributed by atoms with Gasteiger partial charge in [-0.05, 0) is 38.3 Å². The van der Waals surface area contributed by atoms with E-state index in [0.29, 0.717) is 17.4 Å². The van der Waals surface area contributed by atoms with E-state index in [4.69, 9.17) is 0 Å². The molecule has 112 valence electrons. The van der Waals surface area contributed by atoms with E-state index in [-0.39, 0.29) is 11.9 Å². The molecule has 1 aromatic heterocycles. The van der Waals surface area contributed by atoms with Gasteiger partial charge in [0, 0.05) is 12.6 Å². The van der Waals surface area contributed by atoms with E-state index in [0.717, 1.165) is 19.4 Å². The second kappa shape index (κ2) is 8.51. The van der Waals surface area contributed by atoms with E-state index in [2.05, 4.69) is 34.7 Å². The fourth-order valence-corrected chi connectivity index (χ4v) is 1.93. The third kappa shape index (κ3) is 5.99. The van der Waals surface area contributed by atoms with Crippen molar-refractivity contribution in [3.05, 3.63) is 17.8 Å². The van der Waals surface area contributed by atoms with Crippen LogP contribution in [0.15, 0.2) is 12.1 Å². The van der Waals surface area contributed by atoms with Gasteiger partial charge in [0.15, 0.2) is 5.69 Å². The average molecular weight is 278 g/mol. The Morgan fingerprint density at radius 1 is 1.20 bits per heavy atom. The Bertz CT molecular complexity index is 403. The lowest BCUT2D eigenvalue weighted by Gasteiger charge is -2.14. The summed E-state index contributed by atoms with van der Waals surface area (Å²) in [5, 5.41) is 13.9. The molecule has 0 aromatic carbocycles. The van der Waals surface area contributed by atoms with Crippen molar-refractivity contribution in [3.8, 4) is 0 Å². The van der Waals surface area contributed by atoms with Crippen LogP contribution in [0.4, 0.5) is 5.82 Å². The fourth-order valence-electron chi connectivity index (χ4n) is 1.93. The SMILES string of the molecule is CCNc1ccc(C(=O)NC(C)CCCC(C)C)nn1. The summed E-state index contributed by atoms with van der Waals surface area (Å²) in [5.41, 5.74) is 0.363. The number of hydrogen-bond acceptors (Lipinski definition) is 4. The van der Waals surface area contributed by atoms with Gasteiger partial charge in [0.2, 0.25) is 0 Å². The molecule has 0 aliphatic heterocycles. The number of nitrogens with one attached hydrogen (secondary N) is 2. The van der Waals surface area contributed by atoms with Crippen molar-refractivity contribution >= 4 is 11.7 Å². The molecular weight excluding hydrogens is 252 g/mol. The highest BCUT2D eigenvalue weighted by Crippen LogP contribution is 2.09. The van der Waals surface area contributed by atoms with E-state index >= 15 is 0 Å². The predicted molar refractivity (Wildman–Crippen MR) is 81.8 cm³/mol. The summed E-state index contributed by atoms with van der Waals surface area (Å²) in [4.78, 5) is 12.0. The van der Waals surface area contributed by atoms with Crippen molar-refractivity contribution in [3.63, 3.8) is 0 Å². The molecule has 1 rings (SSSR count). The summed E-state index contributed by atoms with van der Waals surface area (Å²) in [5.74, 6) is 1.24. The molecule has 1 unspecified atom stereocenters. The van der Waals surface area contributed by atoms with E-state index in [1.165, 1.54) is 6.42 Å². The van der Waals surface area contributed by atoms with Crippen LogP contribution in [0.3, 0.4) is 0 Å². The van der Waals surface area contributed by atoms with Gasteiger partial charge in [-0.3, -0.25) is 4.79 Å². The second-order valence-corrected chi connectivity index (χ2v) is 5.53. The molecule has 0 saturated heterocycles. The Balaban J connectivity index is 2.41. The maximum atomic E-state index is 12.0. The molecule has 0 radical (unpaired) electrons. The first-order chi connectivity index (χ1) is 9.52. The molecule has 1 heterocycles. The smallest absolute Gasteiger partial charge is 0.272 e. The van der Waals surface area contributed by atoms with Crippen molar-refractivity contribution in [2.45, 2.75) is 53.0 Å². The molecule has 1 atom stereocenters. The van der Waals surface area contributed by atoms with Crippen LogP contribution >= 0.6 is 0 Å². The summed E-state index contributed by atoms with van der Waals surface area (Å²) in [7, 11) is 0. The molecule has 0 bridgehead atoms. The van der Waals surface area contributed by atoms with Gasteiger partial charge < -0.3 is 10.6 Å². The molecule has 0 saturated carbocycles. The van der Waals surface area contributed by atoms with Gasteiger partial charge in [-0.25, -0.2) is 0 Å². The number of amides is 1. The Morgan fingerprint density at radius 3 is 2.50 bits per heavy atom. The number of hydrogen-bond donors (Lipinski definition) is 2. The highest BCUT2D eigenvalue weighted by atomic mass is 16.2. The molecule has 2 N–H and O–H groups in total. The minimum atomic E-state index is -0.155. The minimum absolute atomic E-state index is 0.155. The van der Waals surface area contributed by atoms with Crippen LogP contribution in [0.2, 0.25) is 0 Å². The van der Waals surface area contributed by atoms with Crippen LogP contribution in [-0.2, 0) is 0 Å². The zero-order chi connectivity index (χ0) is 15.0. The maximum Gasteiger partial charge on any atom is 0.272 e. The largest absolute Gasteiger partial charge is 0.369 e. The average Bonchev–Trinajstić information content (AvgIpc) is 2.39. The van der Waals surface area contributed by atoms with E-state index in [9.17, 15) is 4.79 Å². The number of anilines is 1. The summed E-state index contributed by atoms with van der Waals surface area (Å²) in [6.07, 6.45) is 3.31. The molecule has 0 spiro atoms. The third-order valence-corrected chi connectivity index (χ3v) is 3.05. The third-order valence-electron chi connectivity index (χ3n) is 3.05. The summed E-state index contributed by atoms with van der Waals surface area (Å²) in [6, 6.07) is 3.63. The standard InChI is InChI=1S/C15H26N4O/c1-5-16-14-10-9-13(18-19-14)15(20)17-12(4)8-6-7-11(2)3/h9-12H,5-8H2,1-4H3,(H,16,19)(H,17,20). The molecule has 0 fully saturated rings. The first kappa shape index (κ1) is 16.4. The van der Waals surface area contributed by atoms with Gasteiger partial charge in [0.05, 0.1) is 0 Å². The van der Waals surface area contributed by atoms with Crippen LogP contribution in [0, 0.1) is 5.92 Å². The van der Waals surface area contributed by atoms with Gasteiger partial charge in [0.1, 0.15) is 5.82 Å². The first-order valence-electron chi connectivity index (χ1n) is 7.41. The van der Waals surface area contributed by atoms with Crippen LogP contribution in [0.5, 0.6) is 0 Å². The minimum Gasteiger partial charge on any atom is -0.369 e. The summed E-state index contributed by atoms with van der Waals surface area (Å²) in [6.45, 7) is 9.22. The lowest BCUT2D eigenvalue weighted by atomic mass is 10.0. The van der Waals surface area contributed by atoms with Crippen molar-refractivity contribution in [2.24, 2.45) is 5.92 Å². The van der Waals surface area contributed by atoms with Gasteiger partial charge in [-0.2, -0.15) is 0 Å². The molecule has 1 aromatic rings. The van der Waals surface area contributed by atoms with E-state index in [1.54, 1.807) is 12.1 Å². The summed E-state index contributed by atoms with van der Waals surface area (Å²) >= 11 is 0. The van der Waals surface area contributed by atoms with Crippen LogP contribution in [-0.4, -0.2) is 28.7 Å². The van der Waals surface area contributed by atoms with Crippen LogP contribution in [0.25, 0.3) is 0 Å². The monoisotopic (exact) mass is 278 g/mol. The van der Waals surface area contributed by atoms with Crippen LogP contribution < -0.4 is 10.6 Å². The van der Waals surface area contributed by atoms with E-state index < -0.39 is 0 Å². The normalized spacial score (nSPS) is 12.2. The van der Waals surface area contributed by atoms with Gasteiger partial charge >= 0.3 is 0 Å². The topological polar surface area (TPSA) is 66.9 Å². The molecule has 5 nitrogen and oxygen atoms in total. The Kier molecular flexibility index (Phi) is 6.98. The Labute approximate surface area is 121 Å². The second-order valence-electron chi connectivity index (χ2n) is 5.53. The Hall–Kier alpha value is -1.65. The van der Waals surface area contributed by atoms with E-state index in [1.807, 2.05) is 13.8 Å². The zero-order valence-electron chi connectivity index (χ0n) is 12.9. The predicted octanol–water partition coefficient (Wildman–Crippen LogP) is 2.85. The Morgan fingerprint density at radius 2 is 1.95 bits per heavy atom. The summed E-state index contributed by atoms with van der Waals surface area (Å²) < 4.78 is 0. The van der Waals surface area contributed by atoms with Crippen molar-refractivity contribution in [1.29, 1.82) is 0 Å². The first-order valence-corrected chi connectivity index (χ1v) is 7.41. The molecule has 20 heavy (non-hydrogen) atoms. The zero-order valence-corrected chi connectivity index (χ0v) is 12.9. The van der Waals surface area contributed by atoms with Gasteiger partial charge in [0.25, 0.3) is 5.91 Å². The lowest BCUT2D eigenvalue weighted by Crippen LogP contribution is -2.33. The van der Waals surface area contributed by atoms with Gasteiger partial charge in [-0.1, -0.05) is 26.7 Å². The van der Waals surface area contributed by atoms with Crippen molar-refractivity contribution in [2.75, 3.05) is 11.9 Å². The highest BCUT2D eigenvalue weighted by Gasteiger charge is 2.11. The number of aromatic nitrogens is 2. The quantitative estimate of drug-likeness (QED) is 0.767.